The SMILES string of the molecule is CCCCCCCCCCCCCC(CCCCCCCCC)c1[nH]cc[n+]1C(C)CCCCC. The average Bonchev–Trinajstić information content (AvgIpc) is 3.35. The number of unbranched alkanes of at least 4 members (excludes halogenated alkanes) is 18. The summed E-state index contributed by atoms with van der Waals surface area (Å²) in [6.07, 6.45) is 38.3. The van der Waals surface area contributed by atoms with E-state index in [1.165, 1.54) is 160 Å². The molecule has 0 aliphatic heterocycles. The fraction of sp³-hybridized carbons (Fsp3) is 0.909. The minimum atomic E-state index is 0.622. The average molecular weight is 490 g/mol. The van der Waals surface area contributed by atoms with Gasteiger partial charge in [0.25, 0.3) is 5.82 Å². The van der Waals surface area contributed by atoms with Crippen molar-refractivity contribution in [1.29, 1.82) is 0 Å². The highest BCUT2D eigenvalue weighted by Crippen LogP contribution is 2.27. The Morgan fingerprint density at radius 2 is 0.914 bits per heavy atom. The van der Waals surface area contributed by atoms with E-state index in [9.17, 15) is 0 Å². The van der Waals surface area contributed by atoms with E-state index in [0.29, 0.717) is 12.0 Å². The van der Waals surface area contributed by atoms with Gasteiger partial charge in [0, 0.05) is 0 Å². The summed E-state index contributed by atoms with van der Waals surface area (Å²) < 4.78 is 2.60. The van der Waals surface area contributed by atoms with Crippen molar-refractivity contribution in [2.24, 2.45) is 0 Å². The fourth-order valence-electron chi connectivity index (χ4n) is 5.72. The summed E-state index contributed by atoms with van der Waals surface area (Å²) in [5.41, 5.74) is 0. The Labute approximate surface area is 221 Å². The standard InChI is InChI=1S/C33H64N2/c1-5-8-11-13-15-16-17-18-20-22-25-28-32(27-24-21-19-14-12-9-6-2)33-34-29-30-35(33)31(4)26-23-10-7-3/h29-32H,5-28H2,1-4H3/p+1. The van der Waals surface area contributed by atoms with Crippen LogP contribution in [0.5, 0.6) is 0 Å². The van der Waals surface area contributed by atoms with Crippen LogP contribution in [-0.2, 0) is 0 Å². The van der Waals surface area contributed by atoms with E-state index in [0.717, 1.165) is 0 Å². The molecule has 35 heavy (non-hydrogen) atoms. The quantitative estimate of drug-likeness (QED) is 0.0985. The molecule has 2 nitrogen and oxygen atoms in total. The number of nitrogens with one attached hydrogen (secondary N) is 1. The topological polar surface area (TPSA) is 19.7 Å². The monoisotopic (exact) mass is 490 g/mol. The molecule has 1 aromatic heterocycles. The van der Waals surface area contributed by atoms with Crippen LogP contribution in [0.2, 0.25) is 0 Å². The first-order chi connectivity index (χ1) is 17.2. The Balaban J connectivity index is 2.42. The summed E-state index contributed by atoms with van der Waals surface area (Å²) in [6.45, 7) is 9.36. The van der Waals surface area contributed by atoms with Crippen LogP contribution in [0.3, 0.4) is 0 Å². The van der Waals surface area contributed by atoms with Gasteiger partial charge in [0.2, 0.25) is 0 Å². The van der Waals surface area contributed by atoms with Gasteiger partial charge in [-0.2, -0.15) is 0 Å². The van der Waals surface area contributed by atoms with Gasteiger partial charge in [-0.05, 0) is 32.6 Å². The van der Waals surface area contributed by atoms with Gasteiger partial charge in [-0.25, -0.2) is 9.55 Å². The Morgan fingerprint density at radius 3 is 1.37 bits per heavy atom. The van der Waals surface area contributed by atoms with E-state index >= 15 is 0 Å². The zero-order valence-electron chi connectivity index (χ0n) is 24.7. The van der Waals surface area contributed by atoms with E-state index in [1.54, 1.807) is 0 Å². The summed E-state index contributed by atoms with van der Waals surface area (Å²) >= 11 is 0. The van der Waals surface area contributed by atoms with Crippen LogP contribution in [0.4, 0.5) is 0 Å². The number of H-pyrrole nitrogens is 1. The molecule has 2 atom stereocenters. The Hall–Kier alpha value is -0.790. The van der Waals surface area contributed by atoms with Crippen LogP contribution in [0.25, 0.3) is 0 Å². The first-order valence-electron chi connectivity index (χ1n) is 16.3. The molecular formula is C33H65N2+. The highest BCUT2D eigenvalue weighted by atomic mass is 15.1. The second-order valence-electron chi connectivity index (χ2n) is 11.5. The molecule has 1 N–H and O–H groups in total. The lowest BCUT2D eigenvalue weighted by molar-refractivity contribution is -0.727. The summed E-state index contributed by atoms with van der Waals surface area (Å²) in [6, 6.07) is 0.622. The Bertz CT molecular complexity index is 549. The molecule has 1 rings (SSSR count). The maximum atomic E-state index is 3.70. The first kappa shape index (κ1) is 32.2. The maximum Gasteiger partial charge on any atom is 0.257 e. The molecule has 0 bridgehead atoms. The first-order valence-corrected chi connectivity index (χ1v) is 16.3. The molecule has 0 amide bonds. The van der Waals surface area contributed by atoms with Crippen LogP contribution >= 0.6 is 0 Å². The van der Waals surface area contributed by atoms with E-state index in [2.05, 4.69) is 49.6 Å². The van der Waals surface area contributed by atoms with E-state index < -0.39 is 0 Å². The highest BCUT2D eigenvalue weighted by Gasteiger charge is 2.25. The zero-order chi connectivity index (χ0) is 25.4. The molecule has 1 aromatic rings. The number of hydrogen-bond donors (Lipinski definition) is 1. The fourth-order valence-corrected chi connectivity index (χ4v) is 5.72. The van der Waals surface area contributed by atoms with Crippen molar-refractivity contribution < 1.29 is 4.57 Å². The summed E-state index contributed by atoms with van der Waals surface area (Å²) in [5, 5.41) is 0. The maximum absolute atomic E-state index is 3.70. The number of nitrogens with zero attached hydrogens (tertiary/aromatic N) is 1. The third kappa shape index (κ3) is 16.6. The van der Waals surface area contributed by atoms with Crippen LogP contribution in [0, 0.1) is 0 Å². The van der Waals surface area contributed by atoms with E-state index in [1.807, 2.05) is 0 Å². The van der Waals surface area contributed by atoms with Crippen molar-refractivity contribution in [2.45, 2.75) is 194 Å². The van der Waals surface area contributed by atoms with Gasteiger partial charge in [0.05, 0.1) is 12.0 Å². The van der Waals surface area contributed by atoms with Crippen LogP contribution in [0.1, 0.15) is 200 Å². The summed E-state index contributed by atoms with van der Waals surface area (Å²) in [4.78, 5) is 3.70. The van der Waals surface area contributed by atoms with Crippen molar-refractivity contribution in [1.82, 2.24) is 4.98 Å². The molecule has 2 heteroatoms. The highest BCUT2D eigenvalue weighted by molar-refractivity contribution is 4.90. The second-order valence-corrected chi connectivity index (χ2v) is 11.5. The molecular weight excluding hydrogens is 424 g/mol. The van der Waals surface area contributed by atoms with E-state index in [-0.39, 0.29) is 0 Å². The number of rotatable bonds is 26. The van der Waals surface area contributed by atoms with Gasteiger partial charge in [-0.15, -0.1) is 0 Å². The molecule has 0 aliphatic rings. The van der Waals surface area contributed by atoms with Gasteiger partial charge < -0.3 is 0 Å². The minimum Gasteiger partial charge on any atom is -0.247 e. The van der Waals surface area contributed by atoms with E-state index in [4.69, 9.17) is 0 Å². The van der Waals surface area contributed by atoms with Gasteiger partial charge >= 0.3 is 0 Å². The van der Waals surface area contributed by atoms with Gasteiger partial charge in [-0.3, -0.25) is 0 Å². The molecule has 206 valence electrons. The predicted octanol–water partition coefficient (Wildman–Crippen LogP) is 11.4. The summed E-state index contributed by atoms with van der Waals surface area (Å²) in [5.74, 6) is 2.24. The van der Waals surface area contributed by atoms with Gasteiger partial charge in [0.15, 0.2) is 0 Å². The largest absolute Gasteiger partial charge is 0.257 e. The number of aromatic amines is 1. The minimum absolute atomic E-state index is 0.622. The lowest BCUT2D eigenvalue weighted by Crippen LogP contribution is -2.41. The van der Waals surface area contributed by atoms with Crippen LogP contribution < -0.4 is 4.57 Å². The normalized spacial score (nSPS) is 13.4. The van der Waals surface area contributed by atoms with Crippen molar-refractivity contribution in [2.75, 3.05) is 0 Å². The second kappa shape index (κ2) is 23.6. The van der Waals surface area contributed by atoms with Crippen LogP contribution in [0.15, 0.2) is 12.4 Å². The lowest BCUT2D eigenvalue weighted by Gasteiger charge is -2.17. The van der Waals surface area contributed by atoms with Gasteiger partial charge in [0.1, 0.15) is 12.4 Å². The molecule has 2 unspecified atom stereocenters. The third-order valence-electron chi connectivity index (χ3n) is 8.14. The molecule has 0 aliphatic carbocycles. The molecule has 0 aromatic carbocycles. The third-order valence-corrected chi connectivity index (χ3v) is 8.14. The van der Waals surface area contributed by atoms with Crippen molar-refractivity contribution in [3.05, 3.63) is 18.2 Å². The van der Waals surface area contributed by atoms with Crippen molar-refractivity contribution >= 4 is 0 Å². The molecule has 0 spiro atoms. The lowest BCUT2D eigenvalue weighted by atomic mass is 9.92. The Kier molecular flexibility index (Phi) is 21.7. The Morgan fingerprint density at radius 1 is 0.543 bits per heavy atom. The molecule has 1 heterocycles. The smallest absolute Gasteiger partial charge is 0.247 e. The molecule has 0 radical (unpaired) electrons. The van der Waals surface area contributed by atoms with Gasteiger partial charge in [-0.1, -0.05) is 149 Å². The molecule has 0 fully saturated rings. The van der Waals surface area contributed by atoms with Crippen molar-refractivity contribution in [3.63, 3.8) is 0 Å². The van der Waals surface area contributed by atoms with Crippen LogP contribution in [-0.4, -0.2) is 4.98 Å². The number of hydrogen-bond acceptors (Lipinski definition) is 0. The number of imidazole rings is 1. The zero-order valence-corrected chi connectivity index (χ0v) is 24.7. The molecule has 0 saturated heterocycles. The summed E-state index contributed by atoms with van der Waals surface area (Å²) in [7, 11) is 0. The van der Waals surface area contributed by atoms with Crippen molar-refractivity contribution in [3.8, 4) is 0 Å². The molecule has 0 saturated carbocycles. The number of aromatic nitrogens is 2. The predicted molar refractivity (Wildman–Crippen MR) is 156 cm³/mol.